The van der Waals surface area contributed by atoms with Crippen molar-refractivity contribution in [2.75, 3.05) is 11.4 Å². The lowest BCUT2D eigenvalue weighted by Crippen LogP contribution is -2.26. The van der Waals surface area contributed by atoms with E-state index in [1.54, 1.807) is 12.3 Å². The number of hydrogen-bond acceptors (Lipinski definition) is 3. The Morgan fingerprint density at radius 2 is 2.43 bits per heavy atom. The summed E-state index contributed by atoms with van der Waals surface area (Å²) in [6.07, 6.45) is 1.96. The SMILES string of the molecule is O=C1CC(Cl)CN1c1nccc(Br)n1. The van der Waals surface area contributed by atoms with Gasteiger partial charge in [0.2, 0.25) is 11.9 Å². The van der Waals surface area contributed by atoms with Crippen LogP contribution in [0.25, 0.3) is 0 Å². The van der Waals surface area contributed by atoms with E-state index in [0.29, 0.717) is 23.5 Å². The van der Waals surface area contributed by atoms with Crippen molar-refractivity contribution in [3.63, 3.8) is 0 Å². The molecule has 0 radical (unpaired) electrons. The van der Waals surface area contributed by atoms with Gasteiger partial charge in [0.25, 0.3) is 0 Å². The molecule has 0 aromatic carbocycles. The van der Waals surface area contributed by atoms with E-state index >= 15 is 0 Å². The molecule has 0 aliphatic carbocycles. The predicted octanol–water partition coefficient (Wildman–Crippen LogP) is 1.58. The highest BCUT2D eigenvalue weighted by molar-refractivity contribution is 9.10. The van der Waals surface area contributed by atoms with Crippen molar-refractivity contribution < 1.29 is 4.79 Å². The van der Waals surface area contributed by atoms with Crippen LogP contribution in [0.4, 0.5) is 5.95 Å². The maximum Gasteiger partial charge on any atom is 0.233 e. The van der Waals surface area contributed by atoms with Crippen molar-refractivity contribution >= 4 is 39.4 Å². The van der Waals surface area contributed by atoms with Crippen molar-refractivity contribution in [2.45, 2.75) is 11.8 Å². The largest absolute Gasteiger partial charge is 0.279 e. The Morgan fingerprint density at radius 3 is 3.00 bits per heavy atom. The van der Waals surface area contributed by atoms with Crippen molar-refractivity contribution in [3.8, 4) is 0 Å². The molecule has 0 saturated carbocycles. The molecule has 1 aromatic rings. The summed E-state index contributed by atoms with van der Waals surface area (Å²) >= 11 is 9.08. The van der Waals surface area contributed by atoms with E-state index in [4.69, 9.17) is 11.6 Å². The second-order valence-electron chi connectivity index (χ2n) is 2.99. The first kappa shape index (κ1) is 9.86. The lowest BCUT2D eigenvalue weighted by molar-refractivity contribution is -0.117. The van der Waals surface area contributed by atoms with E-state index in [2.05, 4.69) is 25.9 Å². The van der Waals surface area contributed by atoms with Gasteiger partial charge in [-0.3, -0.25) is 9.69 Å². The third-order valence-corrected chi connectivity index (χ3v) is 2.66. The van der Waals surface area contributed by atoms with Gasteiger partial charge in [0.05, 0.1) is 5.38 Å². The van der Waals surface area contributed by atoms with Crippen LogP contribution in [0, 0.1) is 0 Å². The zero-order valence-electron chi connectivity index (χ0n) is 7.15. The molecule has 74 valence electrons. The molecule has 2 rings (SSSR count). The second-order valence-corrected chi connectivity index (χ2v) is 4.41. The van der Waals surface area contributed by atoms with Gasteiger partial charge in [-0.05, 0) is 22.0 Å². The van der Waals surface area contributed by atoms with Gasteiger partial charge in [-0.2, -0.15) is 0 Å². The fraction of sp³-hybridized carbons (Fsp3) is 0.375. The van der Waals surface area contributed by atoms with Gasteiger partial charge in [0, 0.05) is 19.2 Å². The van der Waals surface area contributed by atoms with Crippen molar-refractivity contribution in [1.29, 1.82) is 0 Å². The minimum atomic E-state index is -0.134. The van der Waals surface area contributed by atoms with Crippen LogP contribution in [-0.2, 0) is 4.79 Å². The van der Waals surface area contributed by atoms with E-state index in [1.165, 1.54) is 4.90 Å². The van der Waals surface area contributed by atoms with Gasteiger partial charge < -0.3 is 0 Å². The Hall–Kier alpha value is -0.680. The average molecular weight is 277 g/mol. The van der Waals surface area contributed by atoms with Crippen LogP contribution in [0.2, 0.25) is 0 Å². The van der Waals surface area contributed by atoms with Crippen LogP contribution in [-0.4, -0.2) is 27.8 Å². The number of rotatable bonds is 1. The molecule has 4 nitrogen and oxygen atoms in total. The molecule has 0 N–H and O–H groups in total. The minimum Gasteiger partial charge on any atom is -0.279 e. The van der Waals surface area contributed by atoms with Crippen molar-refractivity contribution in [3.05, 3.63) is 16.9 Å². The molecule has 2 heterocycles. The summed E-state index contributed by atoms with van der Waals surface area (Å²) in [7, 11) is 0. The first-order valence-corrected chi connectivity index (χ1v) is 5.33. The Balaban J connectivity index is 2.27. The Morgan fingerprint density at radius 1 is 1.64 bits per heavy atom. The average Bonchev–Trinajstić information content (AvgIpc) is 2.45. The van der Waals surface area contributed by atoms with E-state index in [9.17, 15) is 4.79 Å². The molecule has 6 heteroatoms. The minimum absolute atomic E-state index is 0.0249. The summed E-state index contributed by atoms with van der Waals surface area (Å²) in [5, 5.41) is -0.134. The molecular formula is C8H7BrClN3O. The normalized spacial score (nSPS) is 21.7. The van der Waals surface area contributed by atoms with Crippen LogP contribution in [0.15, 0.2) is 16.9 Å². The molecule has 1 atom stereocenters. The van der Waals surface area contributed by atoms with E-state index in [-0.39, 0.29) is 11.3 Å². The Labute approximate surface area is 94.4 Å². The van der Waals surface area contributed by atoms with Gasteiger partial charge in [-0.25, -0.2) is 9.97 Å². The van der Waals surface area contributed by atoms with Crippen LogP contribution in [0.3, 0.4) is 0 Å². The number of aromatic nitrogens is 2. The third kappa shape index (κ3) is 1.88. The summed E-state index contributed by atoms with van der Waals surface area (Å²) in [5.41, 5.74) is 0. The highest BCUT2D eigenvalue weighted by Gasteiger charge is 2.30. The fourth-order valence-electron chi connectivity index (χ4n) is 1.31. The standard InChI is InChI=1S/C8H7BrClN3O/c9-6-1-2-11-8(12-6)13-4-5(10)3-7(13)14/h1-2,5H,3-4H2. The third-order valence-electron chi connectivity index (χ3n) is 1.93. The number of carbonyl (C=O) groups is 1. The second kappa shape index (κ2) is 3.82. The summed E-state index contributed by atoms with van der Waals surface area (Å²) < 4.78 is 0.660. The van der Waals surface area contributed by atoms with Crippen LogP contribution in [0.1, 0.15) is 6.42 Å². The lowest BCUT2D eigenvalue weighted by atomic mass is 10.4. The van der Waals surface area contributed by atoms with E-state index in [0.717, 1.165) is 0 Å². The highest BCUT2D eigenvalue weighted by atomic mass is 79.9. The Kier molecular flexibility index (Phi) is 2.69. The summed E-state index contributed by atoms with van der Waals surface area (Å²) in [6, 6.07) is 1.71. The lowest BCUT2D eigenvalue weighted by Gasteiger charge is -2.12. The summed E-state index contributed by atoms with van der Waals surface area (Å²) in [6.45, 7) is 0.483. The first-order valence-electron chi connectivity index (χ1n) is 4.10. The maximum atomic E-state index is 11.4. The molecule has 1 aliphatic heterocycles. The molecule has 1 fully saturated rings. The molecular weight excluding hydrogens is 269 g/mol. The maximum absolute atomic E-state index is 11.4. The molecule has 1 aliphatic rings. The molecule has 1 saturated heterocycles. The summed E-state index contributed by atoms with van der Waals surface area (Å²) in [4.78, 5) is 21.0. The predicted molar refractivity (Wildman–Crippen MR) is 56.3 cm³/mol. The van der Waals surface area contributed by atoms with Gasteiger partial charge in [0.15, 0.2) is 0 Å². The molecule has 1 unspecified atom stereocenters. The highest BCUT2D eigenvalue weighted by Crippen LogP contribution is 2.21. The molecule has 0 spiro atoms. The topological polar surface area (TPSA) is 46.1 Å². The van der Waals surface area contributed by atoms with E-state index in [1.807, 2.05) is 0 Å². The number of alkyl halides is 1. The number of nitrogens with zero attached hydrogens (tertiary/aromatic N) is 3. The molecule has 1 amide bonds. The fourth-order valence-corrected chi connectivity index (χ4v) is 1.86. The van der Waals surface area contributed by atoms with Gasteiger partial charge >= 0.3 is 0 Å². The Bertz CT molecular complexity index is 373. The van der Waals surface area contributed by atoms with Crippen LogP contribution >= 0.6 is 27.5 Å². The van der Waals surface area contributed by atoms with Gasteiger partial charge in [0.1, 0.15) is 4.60 Å². The molecule has 0 bridgehead atoms. The number of carbonyl (C=O) groups excluding carboxylic acids is 1. The van der Waals surface area contributed by atoms with Gasteiger partial charge in [-0.15, -0.1) is 11.6 Å². The summed E-state index contributed by atoms with van der Waals surface area (Å²) in [5.74, 6) is 0.385. The van der Waals surface area contributed by atoms with E-state index < -0.39 is 0 Å². The van der Waals surface area contributed by atoms with Gasteiger partial charge in [-0.1, -0.05) is 0 Å². The van der Waals surface area contributed by atoms with Crippen molar-refractivity contribution in [2.24, 2.45) is 0 Å². The monoisotopic (exact) mass is 275 g/mol. The first-order chi connectivity index (χ1) is 6.66. The van der Waals surface area contributed by atoms with Crippen LogP contribution < -0.4 is 4.90 Å². The smallest absolute Gasteiger partial charge is 0.233 e. The quantitative estimate of drug-likeness (QED) is 0.578. The van der Waals surface area contributed by atoms with Crippen LogP contribution in [0.5, 0.6) is 0 Å². The molecule has 14 heavy (non-hydrogen) atoms. The zero-order valence-corrected chi connectivity index (χ0v) is 9.49. The molecule has 1 aromatic heterocycles. The number of hydrogen-bond donors (Lipinski definition) is 0. The number of anilines is 1. The number of halogens is 2. The van der Waals surface area contributed by atoms with Crippen molar-refractivity contribution in [1.82, 2.24) is 9.97 Å². The number of amides is 1. The zero-order chi connectivity index (χ0) is 10.1.